The lowest BCUT2D eigenvalue weighted by Gasteiger charge is -2.10. The molecule has 2 heterocycles. The van der Waals surface area contributed by atoms with Gasteiger partial charge in [0.2, 0.25) is 0 Å². The highest BCUT2D eigenvalue weighted by Gasteiger charge is 2.31. The van der Waals surface area contributed by atoms with Gasteiger partial charge < -0.3 is 14.0 Å². The molecule has 3 rings (SSSR count). The topological polar surface area (TPSA) is 70.4 Å². The molecule has 1 aromatic heterocycles. The summed E-state index contributed by atoms with van der Waals surface area (Å²) in [7, 11) is 0. The van der Waals surface area contributed by atoms with Crippen LogP contribution in [0.4, 0.5) is 0 Å². The molecule has 22 heavy (non-hydrogen) atoms. The van der Waals surface area contributed by atoms with E-state index < -0.39 is 12.1 Å². The zero-order valence-electron chi connectivity index (χ0n) is 11.8. The number of carbonyl (C=O) groups is 1. The second-order valence-corrected chi connectivity index (χ2v) is 4.90. The standard InChI is InChI=1S/C16H14N2O4/c19-10-13-9-15(22-16(13)20)12-1-3-14(4-2-12)21-8-7-18-6-5-17-11-18/h1-6,11,15H,7-9H2. The van der Waals surface area contributed by atoms with E-state index in [1.54, 1.807) is 18.5 Å². The minimum Gasteiger partial charge on any atom is -0.492 e. The van der Waals surface area contributed by atoms with Crippen LogP contribution in [0.25, 0.3) is 0 Å². The number of carbonyl (C=O) groups excluding carboxylic acids is 2. The monoisotopic (exact) mass is 298 g/mol. The zero-order valence-corrected chi connectivity index (χ0v) is 11.8. The highest BCUT2D eigenvalue weighted by Crippen LogP contribution is 2.32. The van der Waals surface area contributed by atoms with Crippen LogP contribution in [-0.4, -0.2) is 28.1 Å². The van der Waals surface area contributed by atoms with Crippen molar-refractivity contribution in [2.75, 3.05) is 6.61 Å². The van der Waals surface area contributed by atoms with Gasteiger partial charge in [-0.1, -0.05) is 12.1 Å². The number of esters is 1. The van der Waals surface area contributed by atoms with Gasteiger partial charge >= 0.3 is 5.97 Å². The third-order valence-electron chi connectivity index (χ3n) is 3.44. The van der Waals surface area contributed by atoms with Crippen LogP contribution in [0.1, 0.15) is 18.1 Å². The minimum atomic E-state index is -0.583. The highest BCUT2D eigenvalue weighted by atomic mass is 16.5. The normalized spacial score (nSPS) is 17.2. The minimum absolute atomic E-state index is 0.0608. The number of hydrogen-bond acceptors (Lipinski definition) is 5. The second-order valence-electron chi connectivity index (χ2n) is 4.90. The smallest absolute Gasteiger partial charge is 0.346 e. The molecule has 0 N–H and O–H groups in total. The lowest BCUT2D eigenvalue weighted by Crippen LogP contribution is -2.06. The van der Waals surface area contributed by atoms with E-state index in [0.717, 1.165) is 17.9 Å². The van der Waals surface area contributed by atoms with Gasteiger partial charge in [-0.2, -0.15) is 0 Å². The molecular formula is C16H14N2O4. The molecule has 2 aromatic rings. The molecule has 112 valence electrons. The molecule has 1 atom stereocenters. The molecule has 1 saturated heterocycles. The van der Waals surface area contributed by atoms with Crippen LogP contribution >= 0.6 is 0 Å². The van der Waals surface area contributed by atoms with Crippen LogP contribution in [0.3, 0.4) is 0 Å². The van der Waals surface area contributed by atoms with Gasteiger partial charge in [0.1, 0.15) is 30.0 Å². The van der Waals surface area contributed by atoms with Gasteiger partial charge in [0.15, 0.2) is 0 Å². The predicted molar refractivity (Wildman–Crippen MR) is 76.8 cm³/mol. The van der Waals surface area contributed by atoms with Gasteiger partial charge in [0.25, 0.3) is 0 Å². The average molecular weight is 298 g/mol. The Bertz CT molecular complexity index is 700. The Kier molecular flexibility index (Phi) is 4.03. The number of rotatable bonds is 5. The number of aromatic nitrogens is 2. The van der Waals surface area contributed by atoms with Crippen molar-refractivity contribution in [1.82, 2.24) is 9.55 Å². The van der Waals surface area contributed by atoms with Crippen LogP contribution < -0.4 is 4.74 Å². The van der Waals surface area contributed by atoms with Crippen LogP contribution in [-0.2, 0) is 20.9 Å². The Morgan fingerprint density at radius 3 is 2.82 bits per heavy atom. The predicted octanol–water partition coefficient (Wildman–Crippen LogP) is 1.71. The average Bonchev–Trinajstić information content (AvgIpc) is 3.17. The molecule has 0 bridgehead atoms. The fourth-order valence-corrected chi connectivity index (χ4v) is 2.25. The molecule has 1 aliphatic heterocycles. The van der Waals surface area contributed by atoms with Gasteiger partial charge in [0, 0.05) is 18.8 Å². The first-order chi connectivity index (χ1) is 10.8. The highest BCUT2D eigenvalue weighted by molar-refractivity contribution is 5.98. The Labute approximate surface area is 127 Å². The second kappa shape index (κ2) is 6.28. The zero-order chi connectivity index (χ0) is 15.4. The van der Waals surface area contributed by atoms with Crippen molar-refractivity contribution in [3.05, 3.63) is 54.1 Å². The molecule has 1 unspecified atom stereocenters. The summed E-state index contributed by atoms with van der Waals surface area (Å²) < 4.78 is 12.7. The number of ether oxygens (including phenoxy) is 2. The largest absolute Gasteiger partial charge is 0.492 e. The van der Waals surface area contributed by atoms with Crippen molar-refractivity contribution >= 4 is 11.9 Å². The number of hydrogen-bond donors (Lipinski definition) is 0. The molecule has 0 radical (unpaired) electrons. The SMILES string of the molecule is O=C=C1CC(c2ccc(OCCn3ccnc3)cc2)OC1=O. The van der Waals surface area contributed by atoms with E-state index in [1.807, 2.05) is 35.0 Å². The summed E-state index contributed by atoms with van der Waals surface area (Å²) in [6, 6.07) is 7.30. The van der Waals surface area contributed by atoms with Crippen LogP contribution in [0.2, 0.25) is 0 Å². The lowest BCUT2D eigenvalue weighted by atomic mass is 10.1. The van der Waals surface area contributed by atoms with Crippen molar-refractivity contribution in [2.45, 2.75) is 19.1 Å². The molecule has 0 aliphatic carbocycles. The molecule has 1 aromatic carbocycles. The first kappa shape index (κ1) is 14.1. The first-order valence-electron chi connectivity index (χ1n) is 6.90. The van der Waals surface area contributed by atoms with Gasteiger partial charge in [-0.25, -0.2) is 14.6 Å². The number of benzene rings is 1. The van der Waals surface area contributed by atoms with E-state index in [2.05, 4.69) is 4.98 Å². The van der Waals surface area contributed by atoms with E-state index >= 15 is 0 Å². The fraction of sp³-hybridized carbons (Fsp3) is 0.250. The number of nitrogens with zero attached hydrogens (tertiary/aromatic N) is 2. The van der Waals surface area contributed by atoms with Crippen molar-refractivity contribution in [3.8, 4) is 5.75 Å². The van der Waals surface area contributed by atoms with Crippen molar-refractivity contribution in [3.63, 3.8) is 0 Å². The molecule has 6 nitrogen and oxygen atoms in total. The van der Waals surface area contributed by atoms with Gasteiger partial charge in [-0.3, -0.25) is 0 Å². The van der Waals surface area contributed by atoms with Crippen molar-refractivity contribution in [1.29, 1.82) is 0 Å². The maximum Gasteiger partial charge on any atom is 0.346 e. The molecular weight excluding hydrogens is 284 g/mol. The Morgan fingerprint density at radius 2 is 2.18 bits per heavy atom. The van der Waals surface area contributed by atoms with Gasteiger partial charge in [-0.15, -0.1) is 0 Å². The fourth-order valence-electron chi connectivity index (χ4n) is 2.25. The van der Waals surface area contributed by atoms with E-state index in [4.69, 9.17) is 9.47 Å². The summed E-state index contributed by atoms with van der Waals surface area (Å²) in [5.41, 5.74) is 0.895. The van der Waals surface area contributed by atoms with Crippen LogP contribution in [0.5, 0.6) is 5.75 Å². The summed E-state index contributed by atoms with van der Waals surface area (Å²) in [6.07, 6.45) is 5.19. The Balaban J connectivity index is 1.56. The summed E-state index contributed by atoms with van der Waals surface area (Å²) in [4.78, 5) is 25.9. The molecule has 1 fully saturated rings. The van der Waals surface area contributed by atoms with E-state index in [-0.39, 0.29) is 12.0 Å². The third-order valence-corrected chi connectivity index (χ3v) is 3.44. The van der Waals surface area contributed by atoms with E-state index in [9.17, 15) is 9.59 Å². The summed E-state index contributed by atoms with van der Waals surface area (Å²) in [5, 5.41) is 0. The van der Waals surface area contributed by atoms with Crippen LogP contribution in [0.15, 0.2) is 48.6 Å². The van der Waals surface area contributed by atoms with Crippen LogP contribution in [0, 0.1) is 0 Å². The van der Waals surface area contributed by atoms with Crippen molar-refractivity contribution in [2.24, 2.45) is 0 Å². The Morgan fingerprint density at radius 1 is 1.36 bits per heavy atom. The third kappa shape index (κ3) is 3.07. The molecule has 1 aliphatic rings. The first-order valence-corrected chi connectivity index (χ1v) is 6.90. The van der Waals surface area contributed by atoms with E-state index in [1.165, 1.54) is 0 Å². The molecule has 0 spiro atoms. The van der Waals surface area contributed by atoms with Gasteiger partial charge in [-0.05, 0) is 17.7 Å². The molecule has 0 saturated carbocycles. The van der Waals surface area contributed by atoms with Gasteiger partial charge in [0.05, 0.1) is 12.9 Å². The summed E-state index contributed by atoms with van der Waals surface area (Å²) in [5.74, 6) is 1.78. The summed E-state index contributed by atoms with van der Waals surface area (Å²) >= 11 is 0. The van der Waals surface area contributed by atoms with Crippen molar-refractivity contribution < 1.29 is 19.1 Å². The van der Waals surface area contributed by atoms with E-state index in [0.29, 0.717) is 6.61 Å². The quantitative estimate of drug-likeness (QED) is 0.477. The number of imidazole rings is 1. The molecule has 0 amide bonds. The maximum absolute atomic E-state index is 11.4. The molecule has 6 heteroatoms. The maximum atomic E-state index is 11.4. The Hall–Kier alpha value is -2.85. The number of cyclic esters (lactones) is 1. The lowest BCUT2D eigenvalue weighted by molar-refractivity contribution is -0.138. The summed E-state index contributed by atoms with van der Waals surface area (Å²) in [6.45, 7) is 1.25.